The minimum Gasteiger partial charge on any atom is -0.356 e. The highest BCUT2D eigenvalue weighted by molar-refractivity contribution is 5.76. The van der Waals surface area contributed by atoms with Gasteiger partial charge < -0.3 is 5.32 Å². The molecule has 5 heteroatoms. The Morgan fingerprint density at radius 3 is 2.93 bits per heavy atom. The second-order valence-corrected chi connectivity index (χ2v) is 3.66. The number of hydrogen-bond acceptors (Lipinski definition) is 2. The summed E-state index contributed by atoms with van der Waals surface area (Å²) in [6.45, 7) is 1.22. The molecule has 1 aliphatic rings. The van der Waals surface area contributed by atoms with Gasteiger partial charge in [-0.05, 0) is 37.1 Å². The van der Waals surface area contributed by atoms with Gasteiger partial charge in [-0.3, -0.25) is 4.79 Å². The minimum absolute atomic E-state index is 0.163. The normalized spacial score (nSPS) is 14.6. The molecule has 0 aromatic carbocycles. The summed E-state index contributed by atoms with van der Waals surface area (Å²) in [7, 11) is 0. The summed E-state index contributed by atoms with van der Waals surface area (Å²) in [5.41, 5.74) is 8.01. The first-order valence-corrected chi connectivity index (χ1v) is 5.10. The molecule has 0 heterocycles. The Morgan fingerprint density at radius 2 is 2.29 bits per heavy atom. The fraction of sp³-hybridized carbons (Fsp3) is 0.889. The van der Waals surface area contributed by atoms with E-state index in [0.29, 0.717) is 25.4 Å². The Balaban J connectivity index is 1.86. The molecule has 0 aromatic heterocycles. The number of hydrogen-bond donors (Lipinski definition) is 1. The minimum atomic E-state index is 0.163. The van der Waals surface area contributed by atoms with Crippen LogP contribution in [0.1, 0.15) is 32.1 Å². The van der Waals surface area contributed by atoms with E-state index in [1.807, 2.05) is 0 Å². The van der Waals surface area contributed by atoms with Gasteiger partial charge in [0.25, 0.3) is 0 Å². The predicted molar refractivity (Wildman–Crippen MR) is 53.6 cm³/mol. The number of carbonyl (C=O) groups is 1. The number of rotatable bonds is 7. The Morgan fingerprint density at radius 1 is 1.50 bits per heavy atom. The molecule has 1 fully saturated rings. The van der Waals surface area contributed by atoms with Gasteiger partial charge in [-0.1, -0.05) is 5.11 Å². The largest absolute Gasteiger partial charge is 0.356 e. The van der Waals surface area contributed by atoms with E-state index >= 15 is 0 Å². The molecule has 0 spiro atoms. The number of azide groups is 1. The molecule has 0 aromatic rings. The zero-order chi connectivity index (χ0) is 10.2. The fourth-order valence-corrected chi connectivity index (χ4v) is 1.24. The van der Waals surface area contributed by atoms with Crippen LogP contribution in [0.4, 0.5) is 0 Å². The second-order valence-electron chi connectivity index (χ2n) is 3.66. The van der Waals surface area contributed by atoms with E-state index < -0.39 is 0 Å². The van der Waals surface area contributed by atoms with Gasteiger partial charge in [0, 0.05) is 24.4 Å². The van der Waals surface area contributed by atoms with Crippen LogP contribution >= 0.6 is 0 Å². The first-order chi connectivity index (χ1) is 6.83. The van der Waals surface area contributed by atoms with Crippen molar-refractivity contribution in [1.82, 2.24) is 5.32 Å². The van der Waals surface area contributed by atoms with Crippen LogP contribution in [0.25, 0.3) is 10.4 Å². The summed E-state index contributed by atoms with van der Waals surface area (Å²) >= 11 is 0. The zero-order valence-electron chi connectivity index (χ0n) is 8.28. The Kier molecular flexibility index (Phi) is 4.86. The van der Waals surface area contributed by atoms with Gasteiger partial charge in [0.15, 0.2) is 0 Å². The predicted octanol–water partition coefficient (Wildman–Crippen LogP) is 1.99. The first kappa shape index (κ1) is 10.9. The van der Waals surface area contributed by atoms with E-state index in [1.165, 1.54) is 12.8 Å². The lowest BCUT2D eigenvalue weighted by Crippen LogP contribution is -2.24. The lowest BCUT2D eigenvalue weighted by Gasteiger charge is -2.02. The third-order valence-corrected chi connectivity index (χ3v) is 2.24. The quantitative estimate of drug-likeness (QED) is 0.287. The number of nitrogens with zero attached hydrogens (tertiary/aromatic N) is 3. The Bertz CT molecular complexity index is 231. The van der Waals surface area contributed by atoms with Crippen molar-refractivity contribution < 1.29 is 4.79 Å². The van der Waals surface area contributed by atoms with E-state index in [0.717, 1.165) is 12.8 Å². The highest BCUT2D eigenvalue weighted by atomic mass is 16.1. The first-order valence-electron chi connectivity index (χ1n) is 5.10. The highest BCUT2D eigenvalue weighted by Gasteiger charge is 2.23. The van der Waals surface area contributed by atoms with Crippen LogP contribution in [-0.2, 0) is 4.79 Å². The van der Waals surface area contributed by atoms with Gasteiger partial charge in [0.2, 0.25) is 5.91 Å². The molecule has 0 radical (unpaired) electrons. The van der Waals surface area contributed by atoms with Gasteiger partial charge in [0.05, 0.1) is 0 Å². The van der Waals surface area contributed by atoms with Gasteiger partial charge in [-0.25, -0.2) is 0 Å². The molecule has 14 heavy (non-hydrogen) atoms. The molecular formula is C9H16N4O. The number of carbonyl (C=O) groups excluding carboxylic acids is 1. The van der Waals surface area contributed by atoms with Crippen molar-refractivity contribution in [2.75, 3.05) is 13.1 Å². The zero-order valence-corrected chi connectivity index (χ0v) is 8.28. The summed E-state index contributed by atoms with van der Waals surface area (Å²) in [6.07, 6.45) is 4.84. The highest BCUT2D eigenvalue weighted by Crippen LogP contribution is 2.31. The van der Waals surface area contributed by atoms with E-state index in [-0.39, 0.29) is 5.91 Å². The van der Waals surface area contributed by atoms with Crippen molar-refractivity contribution in [2.24, 2.45) is 11.0 Å². The average Bonchev–Trinajstić information content (AvgIpc) is 2.95. The summed E-state index contributed by atoms with van der Waals surface area (Å²) in [4.78, 5) is 13.8. The maximum atomic E-state index is 11.2. The van der Waals surface area contributed by atoms with Crippen molar-refractivity contribution in [3.8, 4) is 0 Å². The molecule has 0 aliphatic heterocycles. The average molecular weight is 196 g/mol. The maximum absolute atomic E-state index is 11.2. The molecule has 5 nitrogen and oxygen atoms in total. The fourth-order valence-electron chi connectivity index (χ4n) is 1.24. The summed E-state index contributed by atoms with van der Waals surface area (Å²) in [5, 5.41) is 6.27. The van der Waals surface area contributed by atoms with Crippen LogP contribution in [0.5, 0.6) is 0 Å². The maximum Gasteiger partial charge on any atom is 0.220 e. The molecule has 1 N–H and O–H groups in total. The van der Waals surface area contributed by atoms with E-state index in [2.05, 4.69) is 15.3 Å². The van der Waals surface area contributed by atoms with Crippen molar-refractivity contribution >= 4 is 5.91 Å². The lowest BCUT2D eigenvalue weighted by molar-refractivity contribution is -0.121. The second kappa shape index (κ2) is 6.27. The molecule has 78 valence electrons. The lowest BCUT2D eigenvalue weighted by atomic mass is 10.2. The molecular weight excluding hydrogens is 180 g/mol. The van der Waals surface area contributed by atoms with Gasteiger partial charge >= 0.3 is 0 Å². The number of unbranched alkanes of at least 4 members (excludes halogenated alkanes) is 1. The standard InChI is InChI=1S/C9H16N4O/c10-13-12-6-2-1-5-11-9(14)7-8-3-4-8/h8H,1-7H2,(H,11,14). The summed E-state index contributed by atoms with van der Waals surface area (Å²) in [5.74, 6) is 0.814. The van der Waals surface area contributed by atoms with Crippen LogP contribution in [0.3, 0.4) is 0 Å². The monoisotopic (exact) mass is 196 g/mol. The van der Waals surface area contributed by atoms with Crippen molar-refractivity contribution in [2.45, 2.75) is 32.1 Å². The Hall–Kier alpha value is -1.22. The Labute approximate surface area is 83.5 Å². The van der Waals surface area contributed by atoms with Crippen LogP contribution in [0.15, 0.2) is 5.11 Å². The van der Waals surface area contributed by atoms with Crippen molar-refractivity contribution in [3.05, 3.63) is 10.4 Å². The van der Waals surface area contributed by atoms with E-state index in [4.69, 9.17) is 5.53 Å². The molecule has 0 unspecified atom stereocenters. The molecule has 1 rings (SSSR count). The third-order valence-electron chi connectivity index (χ3n) is 2.24. The molecule has 0 bridgehead atoms. The smallest absolute Gasteiger partial charge is 0.220 e. The van der Waals surface area contributed by atoms with Crippen molar-refractivity contribution in [1.29, 1.82) is 0 Å². The summed E-state index contributed by atoms with van der Waals surface area (Å²) in [6, 6.07) is 0. The van der Waals surface area contributed by atoms with Crippen LogP contribution in [0, 0.1) is 5.92 Å². The summed E-state index contributed by atoms with van der Waals surface area (Å²) < 4.78 is 0. The molecule has 0 saturated heterocycles. The van der Waals surface area contributed by atoms with Crippen molar-refractivity contribution in [3.63, 3.8) is 0 Å². The molecule has 1 aliphatic carbocycles. The van der Waals surface area contributed by atoms with Crippen LogP contribution in [0.2, 0.25) is 0 Å². The molecule has 0 atom stereocenters. The van der Waals surface area contributed by atoms with Crippen LogP contribution in [-0.4, -0.2) is 19.0 Å². The van der Waals surface area contributed by atoms with Gasteiger partial charge in [0.1, 0.15) is 0 Å². The molecule has 1 saturated carbocycles. The van der Waals surface area contributed by atoms with E-state index in [1.54, 1.807) is 0 Å². The topological polar surface area (TPSA) is 77.9 Å². The SMILES string of the molecule is [N-]=[N+]=NCCCCNC(=O)CC1CC1. The van der Waals surface area contributed by atoms with Crippen LogP contribution < -0.4 is 5.32 Å². The number of nitrogens with one attached hydrogen (secondary N) is 1. The van der Waals surface area contributed by atoms with Gasteiger partial charge in [-0.15, -0.1) is 0 Å². The third kappa shape index (κ3) is 5.43. The number of amides is 1. The van der Waals surface area contributed by atoms with Gasteiger partial charge in [-0.2, -0.15) is 0 Å². The molecule has 1 amide bonds. The van der Waals surface area contributed by atoms with E-state index in [9.17, 15) is 4.79 Å².